The molecule has 2 aromatic carbocycles. The van der Waals surface area contributed by atoms with Gasteiger partial charge in [0.2, 0.25) is 0 Å². The lowest BCUT2D eigenvalue weighted by molar-refractivity contribution is -0.136. The van der Waals surface area contributed by atoms with Gasteiger partial charge in [-0.2, -0.15) is 0 Å². The molecule has 0 aliphatic rings. The van der Waals surface area contributed by atoms with E-state index in [1.54, 1.807) is 18.2 Å². The Hall–Kier alpha value is -1.16. The molecule has 0 bridgehead atoms. The van der Waals surface area contributed by atoms with E-state index in [4.69, 9.17) is 23.2 Å². The molecule has 0 radical (unpaired) electrons. The second-order valence-electron chi connectivity index (χ2n) is 4.17. The van der Waals surface area contributed by atoms with Crippen molar-refractivity contribution in [2.75, 3.05) is 0 Å². The Kier molecular flexibility index (Phi) is 5.35. The Balaban J connectivity index is 2.18. The molecular weight excluding hydrogens is 315 g/mol. The Morgan fingerprint density at radius 1 is 1.10 bits per heavy atom. The van der Waals surface area contributed by atoms with Crippen LogP contribution in [0.1, 0.15) is 5.56 Å². The summed E-state index contributed by atoms with van der Waals surface area (Å²) in [5, 5.41) is 9.62. The van der Waals surface area contributed by atoms with Gasteiger partial charge in [0, 0.05) is 4.90 Å². The summed E-state index contributed by atoms with van der Waals surface area (Å²) in [6.07, 6.45) is 0.328. The van der Waals surface area contributed by atoms with Crippen molar-refractivity contribution >= 4 is 40.9 Å². The molecule has 0 spiro atoms. The molecule has 0 aliphatic heterocycles. The Bertz CT molecular complexity index is 602. The molecule has 0 aliphatic carbocycles. The van der Waals surface area contributed by atoms with Crippen LogP contribution in [0.2, 0.25) is 10.0 Å². The standard InChI is InChI=1S/C15H12Cl2O2S/c16-12-8-4-5-10(14(12)17)9-13(15(18)19)20-11-6-2-1-3-7-11/h1-8,13H,9H2,(H,18,19). The fraction of sp³-hybridized carbons (Fsp3) is 0.133. The number of hydrogen-bond donors (Lipinski definition) is 1. The normalized spacial score (nSPS) is 12.1. The maximum absolute atomic E-state index is 11.4. The third-order valence-corrected chi connectivity index (χ3v) is 4.79. The number of aliphatic carboxylic acids is 1. The molecule has 5 heteroatoms. The van der Waals surface area contributed by atoms with Gasteiger partial charge >= 0.3 is 5.97 Å². The maximum atomic E-state index is 11.4. The van der Waals surface area contributed by atoms with Crippen LogP contribution >= 0.6 is 35.0 Å². The highest BCUT2D eigenvalue weighted by Crippen LogP contribution is 2.31. The summed E-state index contributed by atoms with van der Waals surface area (Å²) in [5.74, 6) is -0.866. The van der Waals surface area contributed by atoms with Crippen molar-refractivity contribution in [2.45, 2.75) is 16.6 Å². The average Bonchev–Trinajstić information content (AvgIpc) is 2.44. The van der Waals surface area contributed by atoms with E-state index in [1.165, 1.54) is 11.8 Å². The van der Waals surface area contributed by atoms with Crippen LogP contribution in [0, 0.1) is 0 Å². The Morgan fingerprint density at radius 3 is 2.45 bits per heavy atom. The van der Waals surface area contributed by atoms with Gasteiger partial charge in [0.15, 0.2) is 0 Å². The molecule has 2 rings (SSSR count). The number of carboxylic acid groups (broad SMARTS) is 1. The van der Waals surface area contributed by atoms with Crippen molar-refractivity contribution in [3.63, 3.8) is 0 Å². The second-order valence-corrected chi connectivity index (χ2v) is 6.24. The minimum absolute atomic E-state index is 0.328. The van der Waals surface area contributed by atoms with Gasteiger partial charge in [-0.3, -0.25) is 4.79 Å². The van der Waals surface area contributed by atoms with Crippen LogP contribution in [0.25, 0.3) is 0 Å². The van der Waals surface area contributed by atoms with E-state index in [1.807, 2.05) is 30.3 Å². The van der Waals surface area contributed by atoms with Gasteiger partial charge in [-0.05, 0) is 30.2 Å². The molecule has 0 aromatic heterocycles. The lowest BCUT2D eigenvalue weighted by Crippen LogP contribution is -2.19. The average molecular weight is 327 g/mol. The number of benzene rings is 2. The molecule has 1 atom stereocenters. The summed E-state index contributed by atoms with van der Waals surface area (Å²) in [5.41, 5.74) is 0.745. The van der Waals surface area contributed by atoms with Crippen molar-refractivity contribution in [1.82, 2.24) is 0 Å². The topological polar surface area (TPSA) is 37.3 Å². The van der Waals surface area contributed by atoms with Gasteiger partial charge in [0.25, 0.3) is 0 Å². The largest absolute Gasteiger partial charge is 0.480 e. The molecule has 20 heavy (non-hydrogen) atoms. The lowest BCUT2D eigenvalue weighted by Gasteiger charge is -2.13. The molecular formula is C15H12Cl2O2S. The zero-order valence-corrected chi connectivity index (χ0v) is 12.8. The summed E-state index contributed by atoms with van der Waals surface area (Å²) >= 11 is 13.4. The summed E-state index contributed by atoms with van der Waals surface area (Å²) in [6.45, 7) is 0. The Labute approximate surface area is 131 Å². The lowest BCUT2D eigenvalue weighted by atomic mass is 10.1. The third-order valence-electron chi connectivity index (χ3n) is 2.73. The number of carbonyl (C=O) groups is 1. The molecule has 2 nitrogen and oxygen atoms in total. The Morgan fingerprint density at radius 2 is 1.80 bits per heavy atom. The number of hydrogen-bond acceptors (Lipinski definition) is 2. The van der Waals surface area contributed by atoms with Crippen molar-refractivity contribution in [1.29, 1.82) is 0 Å². The smallest absolute Gasteiger partial charge is 0.317 e. The predicted molar refractivity (Wildman–Crippen MR) is 83.9 cm³/mol. The van der Waals surface area contributed by atoms with Crippen molar-refractivity contribution in [2.24, 2.45) is 0 Å². The first-order valence-electron chi connectivity index (χ1n) is 5.95. The molecule has 1 N–H and O–H groups in total. The van der Waals surface area contributed by atoms with E-state index in [-0.39, 0.29) is 0 Å². The minimum atomic E-state index is -0.866. The molecule has 0 amide bonds. The van der Waals surface area contributed by atoms with E-state index in [0.717, 1.165) is 10.5 Å². The van der Waals surface area contributed by atoms with E-state index >= 15 is 0 Å². The molecule has 2 aromatic rings. The SMILES string of the molecule is O=C(O)C(Cc1cccc(Cl)c1Cl)Sc1ccccc1. The van der Waals surface area contributed by atoms with Gasteiger partial charge in [-0.1, -0.05) is 53.5 Å². The highest BCUT2D eigenvalue weighted by Gasteiger charge is 2.21. The quantitative estimate of drug-likeness (QED) is 0.803. The zero-order chi connectivity index (χ0) is 14.5. The second kappa shape index (κ2) is 7.02. The van der Waals surface area contributed by atoms with Gasteiger partial charge in [-0.15, -0.1) is 11.8 Å². The molecule has 0 fully saturated rings. The minimum Gasteiger partial charge on any atom is -0.480 e. The van der Waals surface area contributed by atoms with Gasteiger partial charge in [0.1, 0.15) is 5.25 Å². The highest BCUT2D eigenvalue weighted by molar-refractivity contribution is 8.00. The summed E-state index contributed by atoms with van der Waals surface area (Å²) < 4.78 is 0. The maximum Gasteiger partial charge on any atom is 0.317 e. The van der Waals surface area contributed by atoms with Crippen LogP contribution in [0.15, 0.2) is 53.4 Å². The van der Waals surface area contributed by atoms with E-state index in [9.17, 15) is 9.90 Å². The number of rotatable bonds is 5. The van der Waals surface area contributed by atoms with Gasteiger partial charge in [-0.25, -0.2) is 0 Å². The third kappa shape index (κ3) is 3.92. The fourth-order valence-corrected chi connectivity index (χ4v) is 3.15. The zero-order valence-electron chi connectivity index (χ0n) is 10.4. The molecule has 0 heterocycles. The molecule has 1 unspecified atom stereocenters. The predicted octanol–water partition coefficient (Wildman–Crippen LogP) is 4.78. The summed E-state index contributed by atoms with van der Waals surface area (Å²) in [4.78, 5) is 12.3. The van der Waals surface area contributed by atoms with Crippen LogP contribution in [0.3, 0.4) is 0 Å². The molecule has 0 saturated carbocycles. The summed E-state index contributed by atoms with van der Waals surface area (Å²) in [6, 6.07) is 14.7. The van der Waals surface area contributed by atoms with Crippen LogP contribution in [-0.4, -0.2) is 16.3 Å². The van der Waals surface area contributed by atoms with E-state index in [2.05, 4.69) is 0 Å². The molecule has 0 saturated heterocycles. The first kappa shape index (κ1) is 15.2. The number of carboxylic acids is 1. The number of thioether (sulfide) groups is 1. The van der Waals surface area contributed by atoms with Crippen LogP contribution < -0.4 is 0 Å². The van der Waals surface area contributed by atoms with Crippen molar-refractivity contribution in [3.8, 4) is 0 Å². The summed E-state index contributed by atoms with van der Waals surface area (Å²) in [7, 11) is 0. The molecule has 104 valence electrons. The monoisotopic (exact) mass is 326 g/mol. The van der Waals surface area contributed by atoms with E-state index in [0.29, 0.717) is 16.5 Å². The highest BCUT2D eigenvalue weighted by atomic mass is 35.5. The first-order chi connectivity index (χ1) is 9.58. The number of halogens is 2. The first-order valence-corrected chi connectivity index (χ1v) is 7.59. The van der Waals surface area contributed by atoms with Gasteiger partial charge < -0.3 is 5.11 Å². The van der Waals surface area contributed by atoms with Gasteiger partial charge in [0.05, 0.1) is 10.0 Å². The van der Waals surface area contributed by atoms with E-state index < -0.39 is 11.2 Å². The van der Waals surface area contributed by atoms with Crippen molar-refractivity contribution in [3.05, 3.63) is 64.1 Å². The van der Waals surface area contributed by atoms with Crippen LogP contribution in [-0.2, 0) is 11.2 Å². The van der Waals surface area contributed by atoms with Crippen LogP contribution in [0.5, 0.6) is 0 Å². The fourth-order valence-electron chi connectivity index (χ4n) is 1.75. The van der Waals surface area contributed by atoms with Crippen molar-refractivity contribution < 1.29 is 9.90 Å². The van der Waals surface area contributed by atoms with Crippen LogP contribution in [0.4, 0.5) is 0 Å².